The largest absolute Gasteiger partial charge is 0.325 e. The predicted molar refractivity (Wildman–Crippen MR) is 125 cm³/mol. The summed E-state index contributed by atoms with van der Waals surface area (Å²) >= 11 is 0. The third kappa shape index (κ3) is 5.27. The second-order valence-corrected chi connectivity index (χ2v) is 8.08. The number of pyridine rings is 2. The molecule has 2 aromatic heterocycles. The standard InChI is InChI=1S/C25H29N5O/c1-18-8-3-4-9-21(18)28-25(31)19(2)30-16-13-20(14-17-30)22-10-7-12-24(27-22)29-23-11-5-6-15-26-23/h3-12,15,19-20H,13-14,16-17H2,1-2H3,(H,28,31)(H,26,27,29). The van der Waals surface area contributed by atoms with Gasteiger partial charge in [0.05, 0.1) is 6.04 Å². The van der Waals surface area contributed by atoms with E-state index in [0.717, 1.165) is 54.5 Å². The Hall–Kier alpha value is -3.25. The molecule has 0 aliphatic carbocycles. The third-order valence-corrected chi connectivity index (χ3v) is 5.97. The van der Waals surface area contributed by atoms with Gasteiger partial charge in [0.1, 0.15) is 11.6 Å². The van der Waals surface area contributed by atoms with Gasteiger partial charge in [-0.25, -0.2) is 9.97 Å². The molecule has 2 N–H and O–H groups in total. The number of para-hydroxylation sites is 1. The molecule has 0 saturated carbocycles. The lowest BCUT2D eigenvalue weighted by atomic mass is 9.92. The van der Waals surface area contributed by atoms with Gasteiger partial charge in [-0.1, -0.05) is 30.3 Å². The van der Waals surface area contributed by atoms with Crippen LogP contribution in [0.5, 0.6) is 0 Å². The minimum absolute atomic E-state index is 0.0485. The maximum absolute atomic E-state index is 12.8. The summed E-state index contributed by atoms with van der Waals surface area (Å²) in [5.41, 5.74) is 3.06. The number of aromatic nitrogens is 2. The summed E-state index contributed by atoms with van der Waals surface area (Å²) in [5.74, 6) is 2.04. The highest BCUT2D eigenvalue weighted by atomic mass is 16.2. The Morgan fingerprint density at radius 1 is 1.00 bits per heavy atom. The molecule has 0 spiro atoms. The summed E-state index contributed by atoms with van der Waals surface area (Å²) in [6.45, 7) is 5.76. The van der Waals surface area contributed by atoms with Crippen LogP contribution in [0.1, 0.15) is 36.9 Å². The van der Waals surface area contributed by atoms with Crippen LogP contribution in [0, 0.1) is 6.92 Å². The van der Waals surface area contributed by atoms with Gasteiger partial charge in [-0.2, -0.15) is 0 Å². The second kappa shape index (κ2) is 9.71. The Balaban J connectivity index is 1.33. The van der Waals surface area contributed by atoms with Gasteiger partial charge in [-0.3, -0.25) is 9.69 Å². The summed E-state index contributed by atoms with van der Waals surface area (Å²) in [6, 6.07) is 19.6. The zero-order chi connectivity index (χ0) is 21.6. The molecule has 3 aromatic rings. The van der Waals surface area contributed by atoms with E-state index in [1.807, 2.05) is 68.4 Å². The van der Waals surface area contributed by atoms with Crippen molar-refractivity contribution in [1.29, 1.82) is 0 Å². The van der Waals surface area contributed by atoms with Gasteiger partial charge in [0.25, 0.3) is 0 Å². The minimum Gasteiger partial charge on any atom is -0.325 e. The highest BCUT2D eigenvalue weighted by molar-refractivity contribution is 5.95. The van der Waals surface area contributed by atoms with Crippen molar-refractivity contribution < 1.29 is 4.79 Å². The predicted octanol–water partition coefficient (Wildman–Crippen LogP) is 4.74. The van der Waals surface area contributed by atoms with Gasteiger partial charge in [0.15, 0.2) is 0 Å². The number of aryl methyl sites for hydroxylation is 1. The fourth-order valence-electron chi connectivity index (χ4n) is 4.02. The number of carbonyl (C=O) groups excluding carboxylic acids is 1. The minimum atomic E-state index is -0.161. The van der Waals surface area contributed by atoms with Crippen LogP contribution in [0.15, 0.2) is 66.9 Å². The molecule has 3 heterocycles. The quantitative estimate of drug-likeness (QED) is 0.609. The molecular weight excluding hydrogens is 386 g/mol. The molecule has 1 aromatic carbocycles. The first-order chi connectivity index (χ1) is 15.1. The Labute approximate surface area is 183 Å². The smallest absolute Gasteiger partial charge is 0.241 e. The number of nitrogens with one attached hydrogen (secondary N) is 2. The maximum Gasteiger partial charge on any atom is 0.241 e. The van der Waals surface area contributed by atoms with Crippen molar-refractivity contribution in [3.63, 3.8) is 0 Å². The third-order valence-electron chi connectivity index (χ3n) is 5.97. The van der Waals surface area contributed by atoms with E-state index in [-0.39, 0.29) is 11.9 Å². The van der Waals surface area contributed by atoms with Gasteiger partial charge in [0.2, 0.25) is 5.91 Å². The SMILES string of the molecule is Cc1ccccc1NC(=O)C(C)N1CCC(c2cccc(Nc3ccccn3)n2)CC1. The van der Waals surface area contributed by atoms with E-state index in [9.17, 15) is 4.79 Å². The molecule has 1 unspecified atom stereocenters. The van der Waals surface area contributed by atoms with E-state index >= 15 is 0 Å². The van der Waals surface area contributed by atoms with Crippen LogP contribution in [-0.4, -0.2) is 39.9 Å². The number of carbonyl (C=O) groups is 1. The summed E-state index contributed by atoms with van der Waals surface area (Å²) in [6.07, 6.45) is 3.74. The number of likely N-dealkylation sites (tertiary alicyclic amines) is 1. The lowest BCUT2D eigenvalue weighted by Gasteiger charge is -2.35. The normalized spacial score (nSPS) is 15.9. The molecular formula is C25H29N5O. The van der Waals surface area contributed by atoms with Gasteiger partial charge in [0, 0.05) is 23.5 Å². The van der Waals surface area contributed by atoms with Crippen molar-refractivity contribution in [2.75, 3.05) is 23.7 Å². The summed E-state index contributed by atoms with van der Waals surface area (Å²) in [4.78, 5) is 24.1. The summed E-state index contributed by atoms with van der Waals surface area (Å²) in [5, 5.41) is 6.34. The number of hydrogen-bond acceptors (Lipinski definition) is 5. The molecule has 31 heavy (non-hydrogen) atoms. The van der Waals surface area contributed by atoms with E-state index in [0.29, 0.717) is 5.92 Å². The Kier molecular flexibility index (Phi) is 6.57. The van der Waals surface area contributed by atoms with E-state index < -0.39 is 0 Å². The van der Waals surface area contributed by atoms with E-state index in [1.54, 1.807) is 6.20 Å². The number of benzene rings is 1. The Morgan fingerprint density at radius 2 is 1.74 bits per heavy atom. The van der Waals surface area contributed by atoms with E-state index in [2.05, 4.69) is 26.6 Å². The molecule has 160 valence electrons. The Morgan fingerprint density at radius 3 is 2.48 bits per heavy atom. The highest BCUT2D eigenvalue weighted by Crippen LogP contribution is 2.29. The van der Waals surface area contributed by atoms with Crippen LogP contribution < -0.4 is 10.6 Å². The van der Waals surface area contributed by atoms with Crippen LogP contribution in [-0.2, 0) is 4.79 Å². The topological polar surface area (TPSA) is 70.2 Å². The number of amides is 1. The molecule has 0 radical (unpaired) electrons. The highest BCUT2D eigenvalue weighted by Gasteiger charge is 2.28. The molecule has 6 heteroatoms. The van der Waals surface area contributed by atoms with Crippen LogP contribution >= 0.6 is 0 Å². The molecule has 4 rings (SSSR count). The summed E-state index contributed by atoms with van der Waals surface area (Å²) in [7, 11) is 0. The lowest BCUT2D eigenvalue weighted by Crippen LogP contribution is -2.45. The lowest BCUT2D eigenvalue weighted by molar-refractivity contribution is -0.121. The number of anilines is 3. The molecule has 0 bridgehead atoms. The molecule has 6 nitrogen and oxygen atoms in total. The molecule has 1 aliphatic rings. The van der Waals surface area contributed by atoms with Crippen molar-refractivity contribution in [2.45, 2.75) is 38.6 Å². The first-order valence-electron chi connectivity index (χ1n) is 10.9. The Bertz CT molecular complexity index is 1020. The number of hydrogen-bond donors (Lipinski definition) is 2. The van der Waals surface area contributed by atoms with Crippen LogP contribution in [0.4, 0.5) is 17.3 Å². The van der Waals surface area contributed by atoms with Crippen LogP contribution in [0.3, 0.4) is 0 Å². The first kappa shape index (κ1) is 21.0. The number of piperidine rings is 1. The number of rotatable bonds is 6. The van der Waals surface area contributed by atoms with Gasteiger partial charge < -0.3 is 10.6 Å². The van der Waals surface area contributed by atoms with E-state index in [4.69, 9.17) is 4.98 Å². The molecule has 1 aliphatic heterocycles. The second-order valence-electron chi connectivity index (χ2n) is 8.08. The fraction of sp³-hybridized carbons (Fsp3) is 0.320. The van der Waals surface area contributed by atoms with Crippen molar-refractivity contribution >= 4 is 23.2 Å². The fourth-order valence-corrected chi connectivity index (χ4v) is 4.02. The number of nitrogens with zero attached hydrogens (tertiary/aromatic N) is 3. The maximum atomic E-state index is 12.8. The van der Waals surface area contributed by atoms with Gasteiger partial charge in [-0.15, -0.1) is 0 Å². The summed E-state index contributed by atoms with van der Waals surface area (Å²) < 4.78 is 0. The monoisotopic (exact) mass is 415 g/mol. The van der Waals surface area contributed by atoms with E-state index in [1.165, 1.54) is 0 Å². The van der Waals surface area contributed by atoms with Gasteiger partial charge in [-0.05, 0) is 75.7 Å². The zero-order valence-corrected chi connectivity index (χ0v) is 18.1. The van der Waals surface area contributed by atoms with Crippen molar-refractivity contribution in [2.24, 2.45) is 0 Å². The van der Waals surface area contributed by atoms with Crippen molar-refractivity contribution in [1.82, 2.24) is 14.9 Å². The van der Waals surface area contributed by atoms with Crippen LogP contribution in [0.2, 0.25) is 0 Å². The van der Waals surface area contributed by atoms with Crippen LogP contribution in [0.25, 0.3) is 0 Å². The zero-order valence-electron chi connectivity index (χ0n) is 18.1. The first-order valence-corrected chi connectivity index (χ1v) is 10.9. The van der Waals surface area contributed by atoms with Gasteiger partial charge >= 0.3 is 0 Å². The molecule has 1 fully saturated rings. The van der Waals surface area contributed by atoms with Crippen molar-refractivity contribution in [3.05, 3.63) is 78.1 Å². The van der Waals surface area contributed by atoms with Crippen molar-refractivity contribution in [3.8, 4) is 0 Å². The molecule has 1 atom stereocenters. The average molecular weight is 416 g/mol. The molecule has 1 amide bonds. The average Bonchev–Trinajstić information content (AvgIpc) is 2.81. The molecule has 1 saturated heterocycles.